The molecule has 1 amide bonds. The van der Waals surface area contributed by atoms with Gasteiger partial charge in [0.2, 0.25) is 0 Å². The van der Waals surface area contributed by atoms with Crippen LogP contribution in [0.2, 0.25) is 5.02 Å². The molecule has 0 saturated carbocycles. The Morgan fingerprint density at radius 1 is 0.966 bits per heavy atom. The molecule has 0 aliphatic heterocycles. The van der Waals surface area contributed by atoms with Crippen LogP contribution in [0.5, 0.6) is 5.75 Å². The topological polar surface area (TPSA) is 75.6 Å². The van der Waals surface area contributed by atoms with Gasteiger partial charge in [-0.15, -0.1) is 0 Å². The molecule has 2 N–H and O–H groups in total. The summed E-state index contributed by atoms with van der Waals surface area (Å²) in [6.45, 7) is 0.364. The van der Waals surface area contributed by atoms with Crippen molar-refractivity contribution in [1.82, 2.24) is 5.32 Å². The van der Waals surface area contributed by atoms with Crippen LogP contribution in [0.25, 0.3) is 6.08 Å². The van der Waals surface area contributed by atoms with E-state index in [1.165, 1.54) is 6.08 Å². The summed E-state index contributed by atoms with van der Waals surface area (Å²) in [5.74, 6) is -1.08. The van der Waals surface area contributed by atoms with E-state index in [1.54, 1.807) is 60.7 Å². The van der Waals surface area contributed by atoms with Crippen LogP contribution in [-0.4, -0.2) is 17.0 Å². The molecule has 0 aliphatic rings. The standard InChI is InChI=1S/C23H18ClNO4/c24-19-8-4-5-17(13-19)15-29-20-11-9-16(10-12-20)14-21(23(27)28)25-22(26)18-6-2-1-3-7-18/h1-14H,15H2,(H,25,26)(H,27,28)/b21-14+. The summed E-state index contributed by atoms with van der Waals surface area (Å²) in [5.41, 5.74) is 1.72. The van der Waals surface area contributed by atoms with Gasteiger partial charge in [-0.2, -0.15) is 0 Å². The Morgan fingerprint density at radius 2 is 1.69 bits per heavy atom. The van der Waals surface area contributed by atoms with Gasteiger partial charge in [-0.25, -0.2) is 4.79 Å². The van der Waals surface area contributed by atoms with E-state index in [4.69, 9.17) is 16.3 Å². The molecule has 29 heavy (non-hydrogen) atoms. The molecule has 3 rings (SSSR count). The van der Waals surface area contributed by atoms with E-state index in [0.717, 1.165) is 5.56 Å². The maximum Gasteiger partial charge on any atom is 0.352 e. The van der Waals surface area contributed by atoms with Crippen LogP contribution in [0.1, 0.15) is 21.5 Å². The van der Waals surface area contributed by atoms with Crippen LogP contribution in [0.3, 0.4) is 0 Å². The molecular weight excluding hydrogens is 390 g/mol. The number of carbonyl (C=O) groups excluding carboxylic acids is 1. The van der Waals surface area contributed by atoms with Gasteiger partial charge in [-0.05, 0) is 53.6 Å². The van der Waals surface area contributed by atoms with Crippen molar-refractivity contribution in [1.29, 1.82) is 0 Å². The van der Waals surface area contributed by atoms with Gasteiger partial charge in [0.1, 0.15) is 18.1 Å². The van der Waals surface area contributed by atoms with Crippen LogP contribution in [0.15, 0.2) is 84.6 Å². The summed E-state index contributed by atoms with van der Waals surface area (Å²) >= 11 is 5.96. The number of carboxylic acid groups (broad SMARTS) is 1. The molecule has 0 fully saturated rings. The quantitative estimate of drug-likeness (QED) is 0.553. The smallest absolute Gasteiger partial charge is 0.352 e. The van der Waals surface area contributed by atoms with Crippen molar-refractivity contribution < 1.29 is 19.4 Å². The summed E-state index contributed by atoms with van der Waals surface area (Å²) in [7, 11) is 0. The highest BCUT2D eigenvalue weighted by atomic mass is 35.5. The number of ether oxygens (including phenoxy) is 1. The molecule has 0 bridgehead atoms. The predicted octanol–water partition coefficient (Wildman–Crippen LogP) is 4.77. The number of carbonyl (C=O) groups is 2. The fraction of sp³-hybridized carbons (Fsp3) is 0.0435. The fourth-order valence-corrected chi connectivity index (χ4v) is 2.77. The molecule has 0 heterocycles. The molecule has 5 nitrogen and oxygen atoms in total. The lowest BCUT2D eigenvalue weighted by Crippen LogP contribution is -2.27. The number of aliphatic carboxylic acids is 1. The zero-order valence-corrected chi connectivity index (χ0v) is 16.1. The van der Waals surface area contributed by atoms with Gasteiger partial charge in [0.05, 0.1) is 0 Å². The lowest BCUT2D eigenvalue weighted by atomic mass is 10.1. The molecule has 3 aromatic rings. The van der Waals surface area contributed by atoms with E-state index in [-0.39, 0.29) is 5.70 Å². The number of hydrogen-bond donors (Lipinski definition) is 2. The third-order valence-corrected chi connectivity index (χ3v) is 4.24. The average Bonchev–Trinajstić information content (AvgIpc) is 2.73. The average molecular weight is 408 g/mol. The molecule has 3 aromatic carbocycles. The van der Waals surface area contributed by atoms with Gasteiger partial charge >= 0.3 is 5.97 Å². The van der Waals surface area contributed by atoms with Crippen LogP contribution in [0, 0.1) is 0 Å². The first-order valence-corrected chi connectivity index (χ1v) is 9.18. The van der Waals surface area contributed by atoms with Gasteiger partial charge in [0, 0.05) is 10.6 Å². The Balaban J connectivity index is 1.67. The number of benzene rings is 3. The van der Waals surface area contributed by atoms with Crippen molar-refractivity contribution in [3.05, 3.63) is 106 Å². The molecule has 0 radical (unpaired) electrons. The molecule has 0 aliphatic carbocycles. The summed E-state index contributed by atoms with van der Waals surface area (Å²) in [5, 5.41) is 12.5. The molecule has 146 valence electrons. The number of carboxylic acids is 1. The zero-order chi connectivity index (χ0) is 20.6. The maximum absolute atomic E-state index is 12.2. The number of halogens is 1. The molecular formula is C23H18ClNO4. The minimum atomic E-state index is -1.23. The molecule has 0 atom stereocenters. The molecule has 0 saturated heterocycles. The van der Waals surface area contributed by atoms with Gasteiger partial charge in [-0.1, -0.05) is 54.1 Å². The van der Waals surface area contributed by atoms with Crippen molar-refractivity contribution in [2.45, 2.75) is 6.61 Å². The van der Waals surface area contributed by atoms with Gasteiger partial charge in [0.15, 0.2) is 0 Å². The van der Waals surface area contributed by atoms with Crippen molar-refractivity contribution >= 4 is 29.6 Å². The van der Waals surface area contributed by atoms with Gasteiger partial charge in [0.25, 0.3) is 5.91 Å². The minimum absolute atomic E-state index is 0.216. The number of amides is 1. The van der Waals surface area contributed by atoms with Crippen molar-refractivity contribution in [2.24, 2.45) is 0 Å². The monoisotopic (exact) mass is 407 g/mol. The fourth-order valence-electron chi connectivity index (χ4n) is 2.56. The second-order valence-electron chi connectivity index (χ2n) is 6.17. The molecule has 0 spiro atoms. The second kappa shape index (κ2) is 9.57. The van der Waals surface area contributed by atoms with Crippen molar-refractivity contribution in [3.63, 3.8) is 0 Å². The molecule has 0 unspecified atom stereocenters. The third-order valence-electron chi connectivity index (χ3n) is 4.00. The lowest BCUT2D eigenvalue weighted by molar-refractivity contribution is -0.132. The SMILES string of the molecule is O=C(O)/C(=C\c1ccc(OCc2cccc(Cl)c2)cc1)NC(=O)c1ccccc1. The Labute approximate surface area is 173 Å². The number of hydrogen-bond acceptors (Lipinski definition) is 3. The van der Waals surface area contributed by atoms with E-state index in [9.17, 15) is 14.7 Å². The van der Waals surface area contributed by atoms with Crippen LogP contribution >= 0.6 is 11.6 Å². The first-order chi connectivity index (χ1) is 14.0. The summed E-state index contributed by atoms with van der Waals surface area (Å²) in [6.07, 6.45) is 1.39. The first kappa shape index (κ1) is 20.2. The van der Waals surface area contributed by atoms with E-state index in [0.29, 0.717) is 28.5 Å². The predicted molar refractivity (Wildman–Crippen MR) is 112 cm³/mol. The Morgan fingerprint density at radius 3 is 2.34 bits per heavy atom. The third kappa shape index (κ3) is 5.96. The summed E-state index contributed by atoms with van der Waals surface area (Å²) < 4.78 is 5.71. The highest BCUT2D eigenvalue weighted by molar-refractivity contribution is 6.30. The Hall–Kier alpha value is -3.57. The summed E-state index contributed by atoms with van der Waals surface area (Å²) in [4.78, 5) is 23.7. The van der Waals surface area contributed by atoms with Crippen LogP contribution < -0.4 is 10.1 Å². The minimum Gasteiger partial charge on any atom is -0.489 e. The second-order valence-corrected chi connectivity index (χ2v) is 6.61. The Bertz CT molecular complexity index is 1030. The largest absolute Gasteiger partial charge is 0.489 e. The zero-order valence-electron chi connectivity index (χ0n) is 15.3. The van der Waals surface area contributed by atoms with Crippen LogP contribution in [-0.2, 0) is 11.4 Å². The maximum atomic E-state index is 12.2. The Kier molecular flexibility index (Phi) is 6.66. The highest BCUT2D eigenvalue weighted by Gasteiger charge is 2.13. The van der Waals surface area contributed by atoms with Gasteiger partial charge < -0.3 is 15.2 Å². The molecule has 6 heteroatoms. The highest BCUT2D eigenvalue weighted by Crippen LogP contribution is 2.17. The van der Waals surface area contributed by atoms with Crippen LogP contribution in [0.4, 0.5) is 0 Å². The number of nitrogens with one attached hydrogen (secondary N) is 1. The number of rotatable bonds is 7. The van der Waals surface area contributed by atoms with E-state index in [1.807, 2.05) is 18.2 Å². The first-order valence-electron chi connectivity index (χ1n) is 8.80. The van der Waals surface area contributed by atoms with E-state index >= 15 is 0 Å². The normalized spacial score (nSPS) is 11.0. The van der Waals surface area contributed by atoms with Gasteiger partial charge in [-0.3, -0.25) is 4.79 Å². The summed E-state index contributed by atoms with van der Waals surface area (Å²) in [6, 6.07) is 22.7. The lowest BCUT2D eigenvalue weighted by Gasteiger charge is -2.08. The van der Waals surface area contributed by atoms with E-state index < -0.39 is 11.9 Å². The molecule has 0 aromatic heterocycles. The van der Waals surface area contributed by atoms with Crippen molar-refractivity contribution in [3.8, 4) is 5.75 Å². The van der Waals surface area contributed by atoms with Crippen molar-refractivity contribution in [2.75, 3.05) is 0 Å². The van der Waals surface area contributed by atoms with E-state index in [2.05, 4.69) is 5.32 Å².